The number of imide groups is 1. The number of nitriles is 1. The summed E-state index contributed by atoms with van der Waals surface area (Å²) in [6.07, 6.45) is 6.10. The standard InChI is InChI=1S/C9H9N3O2/c1-3-4-11-6-8(5-10)9(14)12-7(2)13/h1,6,11H,4H2,2H3,(H,12,13,14)/b8-6+. The summed E-state index contributed by atoms with van der Waals surface area (Å²) < 4.78 is 0. The third-order valence-corrected chi connectivity index (χ3v) is 1.11. The Balaban J connectivity index is 4.36. The Morgan fingerprint density at radius 3 is 2.64 bits per heavy atom. The lowest BCUT2D eigenvalue weighted by atomic mass is 10.3. The van der Waals surface area contributed by atoms with Crippen LogP contribution in [0, 0.1) is 23.7 Å². The fourth-order valence-corrected chi connectivity index (χ4v) is 0.588. The van der Waals surface area contributed by atoms with E-state index >= 15 is 0 Å². The summed E-state index contributed by atoms with van der Waals surface area (Å²) in [5.74, 6) is 0.997. The summed E-state index contributed by atoms with van der Waals surface area (Å²) in [5.41, 5.74) is -0.199. The van der Waals surface area contributed by atoms with Crippen LogP contribution in [0.3, 0.4) is 0 Å². The van der Waals surface area contributed by atoms with E-state index in [0.29, 0.717) is 0 Å². The average molecular weight is 191 g/mol. The molecule has 5 heteroatoms. The first-order chi connectivity index (χ1) is 6.61. The van der Waals surface area contributed by atoms with Crippen molar-refractivity contribution in [2.45, 2.75) is 6.92 Å². The molecule has 5 nitrogen and oxygen atoms in total. The van der Waals surface area contributed by atoms with Gasteiger partial charge < -0.3 is 5.32 Å². The SMILES string of the molecule is C#CCN/C=C(\C#N)C(=O)NC(C)=O. The van der Waals surface area contributed by atoms with Gasteiger partial charge in [0.15, 0.2) is 0 Å². The minimum atomic E-state index is -0.746. The number of nitrogens with one attached hydrogen (secondary N) is 2. The molecule has 14 heavy (non-hydrogen) atoms. The third kappa shape index (κ3) is 4.58. The van der Waals surface area contributed by atoms with Crippen molar-refractivity contribution in [3.8, 4) is 18.4 Å². The number of hydrogen-bond donors (Lipinski definition) is 2. The molecule has 0 atom stereocenters. The summed E-state index contributed by atoms with van der Waals surface area (Å²) in [5, 5.41) is 13.0. The Hall–Kier alpha value is -2.27. The Kier molecular flexibility index (Phi) is 5.25. The molecule has 0 aromatic heterocycles. The van der Waals surface area contributed by atoms with Crippen molar-refractivity contribution in [2.75, 3.05) is 6.54 Å². The van der Waals surface area contributed by atoms with Crippen LogP contribution in [0.15, 0.2) is 11.8 Å². The van der Waals surface area contributed by atoms with E-state index in [4.69, 9.17) is 11.7 Å². The summed E-state index contributed by atoms with van der Waals surface area (Å²) in [6, 6.07) is 1.63. The van der Waals surface area contributed by atoms with E-state index in [1.165, 1.54) is 6.92 Å². The molecule has 0 spiro atoms. The minimum Gasteiger partial charge on any atom is -0.379 e. The molecule has 0 rings (SSSR count). The van der Waals surface area contributed by atoms with Crippen LogP contribution in [0.25, 0.3) is 0 Å². The average Bonchev–Trinajstić information content (AvgIpc) is 2.11. The van der Waals surface area contributed by atoms with Gasteiger partial charge in [-0.05, 0) is 0 Å². The number of hydrogen-bond acceptors (Lipinski definition) is 4. The lowest BCUT2D eigenvalue weighted by molar-refractivity contribution is -0.126. The molecule has 0 radical (unpaired) electrons. The molecule has 2 amide bonds. The minimum absolute atomic E-state index is 0.199. The number of nitrogens with zero attached hydrogens (tertiary/aromatic N) is 1. The molecule has 0 bridgehead atoms. The van der Waals surface area contributed by atoms with Crippen molar-refractivity contribution in [1.29, 1.82) is 5.26 Å². The second-order valence-corrected chi connectivity index (χ2v) is 2.27. The van der Waals surface area contributed by atoms with Gasteiger partial charge in [0.25, 0.3) is 5.91 Å². The van der Waals surface area contributed by atoms with Gasteiger partial charge in [0.1, 0.15) is 11.6 Å². The molecule has 0 aliphatic rings. The molecule has 0 aliphatic carbocycles. The van der Waals surface area contributed by atoms with Gasteiger partial charge in [-0.25, -0.2) is 0 Å². The summed E-state index contributed by atoms with van der Waals surface area (Å²) >= 11 is 0. The molecule has 0 unspecified atom stereocenters. The molecule has 72 valence electrons. The van der Waals surface area contributed by atoms with Crippen molar-refractivity contribution in [3.63, 3.8) is 0 Å². The van der Waals surface area contributed by atoms with E-state index in [2.05, 4.69) is 11.2 Å². The first-order valence-corrected chi connectivity index (χ1v) is 3.70. The number of carbonyl (C=O) groups excluding carboxylic acids is 2. The Bertz CT molecular complexity index is 344. The highest BCUT2D eigenvalue weighted by Gasteiger charge is 2.09. The molecule has 0 saturated carbocycles. The van der Waals surface area contributed by atoms with Gasteiger partial charge in [-0.3, -0.25) is 14.9 Å². The fraction of sp³-hybridized carbons (Fsp3) is 0.222. The van der Waals surface area contributed by atoms with Crippen molar-refractivity contribution in [3.05, 3.63) is 11.8 Å². The third-order valence-electron chi connectivity index (χ3n) is 1.11. The Morgan fingerprint density at radius 2 is 2.21 bits per heavy atom. The summed E-state index contributed by atoms with van der Waals surface area (Å²) in [7, 11) is 0. The smallest absolute Gasteiger partial charge is 0.269 e. The first kappa shape index (κ1) is 11.7. The Morgan fingerprint density at radius 1 is 1.57 bits per heavy atom. The van der Waals surface area contributed by atoms with Crippen molar-refractivity contribution in [2.24, 2.45) is 0 Å². The van der Waals surface area contributed by atoms with Gasteiger partial charge in [0.05, 0.1) is 6.54 Å². The number of amides is 2. The van der Waals surface area contributed by atoms with Crippen LogP contribution >= 0.6 is 0 Å². The second kappa shape index (κ2) is 6.27. The van der Waals surface area contributed by atoms with Gasteiger partial charge in [-0.1, -0.05) is 5.92 Å². The first-order valence-electron chi connectivity index (χ1n) is 3.70. The quantitative estimate of drug-likeness (QED) is 0.267. The predicted octanol–water partition coefficient (Wildman–Crippen LogP) is -0.721. The molecule has 0 heterocycles. The lowest BCUT2D eigenvalue weighted by Gasteiger charge is -1.98. The molecular formula is C9H9N3O2. The zero-order valence-electron chi connectivity index (χ0n) is 7.63. The van der Waals surface area contributed by atoms with E-state index in [1.807, 2.05) is 5.32 Å². The zero-order valence-corrected chi connectivity index (χ0v) is 7.63. The second-order valence-electron chi connectivity index (χ2n) is 2.27. The van der Waals surface area contributed by atoms with Crippen LogP contribution in [0.2, 0.25) is 0 Å². The van der Waals surface area contributed by atoms with E-state index in [9.17, 15) is 9.59 Å². The monoisotopic (exact) mass is 191 g/mol. The van der Waals surface area contributed by atoms with Crippen molar-refractivity contribution >= 4 is 11.8 Å². The van der Waals surface area contributed by atoms with Crippen molar-refractivity contribution < 1.29 is 9.59 Å². The molecule has 0 aromatic rings. The van der Waals surface area contributed by atoms with E-state index in [1.54, 1.807) is 6.07 Å². The molecule has 2 N–H and O–H groups in total. The topological polar surface area (TPSA) is 82.0 Å². The van der Waals surface area contributed by atoms with Gasteiger partial charge in [0.2, 0.25) is 5.91 Å². The van der Waals surface area contributed by atoms with E-state index < -0.39 is 11.8 Å². The maximum atomic E-state index is 11.1. The number of rotatable bonds is 3. The highest BCUT2D eigenvalue weighted by Crippen LogP contribution is 1.89. The summed E-state index contributed by atoms with van der Waals surface area (Å²) in [6.45, 7) is 1.39. The van der Waals surface area contributed by atoms with Crippen LogP contribution in [-0.2, 0) is 9.59 Å². The molecule has 0 aromatic carbocycles. The van der Waals surface area contributed by atoms with Crippen molar-refractivity contribution in [1.82, 2.24) is 10.6 Å². The van der Waals surface area contributed by atoms with E-state index in [-0.39, 0.29) is 12.1 Å². The van der Waals surface area contributed by atoms with Gasteiger partial charge >= 0.3 is 0 Å². The lowest BCUT2D eigenvalue weighted by Crippen LogP contribution is -2.29. The highest BCUT2D eigenvalue weighted by atomic mass is 16.2. The van der Waals surface area contributed by atoms with Gasteiger partial charge in [-0.15, -0.1) is 6.42 Å². The predicted molar refractivity (Wildman–Crippen MR) is 49.4 cm³/mol. The van der Waals surface area contributed by atoms with Crippen LogP contribution in [0.5, 0.6) is 0 Å². The van der Waals surface area contributed by atoms with Gasteiger partial charge in [-0.2, -0.15) is 5.26 Å². The van der Waals surface area contributed by atoms with Gasteiger partial charge in [0, 0.05) is 13.1 Å². The Labute approximate surface area is 81.8 Å². The molecule has 0 saturated heterocycles. The molecule has 0 fully saturated rings. The number of terminal acetylenes is 1. The molecule has 0 aliphatic heterocycles. The highest BCUT2D eigenvalue weighted by molar-refractivity contribution is 6.05. The molecular weight excluding hydrogens is 182 g/mol. The van der Waals surface area contributed by atoms with Crippen LogP contribution in [-0.4, -0.2) is 18.4 Å². The number of carbonyl (C=O) groups is 2. The van der Waals surface area contributed by atoms with E-state index in [0.717, 1.165) is 6.20 Å². The zero-order chi connectivity index (χ0) is 11.0. The maximum Gasteiger partial charge on any atom is 0.269 e. The normalized spacial score (nSPS) is 9.50. The van der Waals surface area contributed by atoms with Crippen LogP contribution < -0.4 is 10.6 Å². The summed E-state index contributed by atoms with van der Waals surface area (Å²) in [4.78, 5) is 21.5. The maximum absolute atomic E-state index is 11.1. The largest absolute Gasteiger partial charge is 0.379 e. The van der Waals surface area contributed by atoms with Crippen LogP contribution in [0.4, 0.5) is 0 Å². The fourth-order valence-electron chi connectivity index (χ4n) is 0.588. The van der Waals surface area contributed by atoms with Crippen LogP contribution in [0.1, 0.15) is 6.92 Å².